The second-order valence-electron chi connectivity index (χ2n) is 5.49. The Balaban J connectivity index is 1.69. The predicted molar refractivity (Wildman–Crippen MR) is 96.0 cm³/mol. The molecule has 0 fully saturated rings. The number of fused-ring (bicyclic) bond motifs is 1. The van der Waals surface area contributed by atoms with Crippen LogP contribution < -0.4 is 16.4 Å². The van der Waals surface area contributed by atoms with Gasteiger partial charge in [-0.05, 0) is 18.6 Å². The third-order valence-electron chi connectivity index (χ3n) is 3.62. The molecule has 0 aliphatic carbocycles. The third kappa shape index (κ3) is 3.82. The number of hydrogen-bond donors (Lipinski definition) is 2. The Hall–Kier alpha value is -2.81. The lowest BCUT2D eigenvalue weighted by Crippen LogP contribution is -2.31. The minimum absolute atomic E-state index is 0.0386. The fourth-order valence-electron chi connectivity index (χ4n) is 2.42. The van der Waals surface area contributed by atoms with Crippen molar-refractivity contribution >= 4 is 33.1 Å². The third-order valence-corrected chi connectivity index (χ3v) is 4.52. The summed E-state index contributed by atoms with van der Waals surface area (Å²) in [6.07, 6.45) is 1.82. The highest BCUT2D eigenvalue weighted by atomic mass is 32.1. The number of hydrogen-bond acceptors (Lipinski definition) is 6. The number of amides is 1. The summed E-state index contributed by atoms with van der Waals surface area (Å²) in [5.74, 6) is -0.292. The first kappa shape index (κ1) is 17.0. The summed E-state index contributed by atoms with van der Waals surface area (Å²) in [4.78, 5) is 36.4. The summed E-state index contributed by atoms with van der Waals surface area (Å²) < 4.78 is 1.16. The number of carbonyl (C=O) groups excluding carboxylic acids is 1. The number of anilines is 1. The molecule has 0 bridgehead atoms. The number of nitrogens with one attached hydrogen (secondary N) is 2. The molecule has 3 rings (SSSR count). The van der Waals surface area contributed by atoms with Crippen LogP contribution in [0.3, 0.4) is 0 Å². The van der Waals surface area contributed by atoms with Crippen LogP contribution in [-0.2, 0) is 17.8 Å². The van der Waals surface area contributed by atoms with Crippen molar-refractivity contribution in [3.63, 3.8) is 0 Å². The smallest absolute Gasteiger partial charge is 0.273 e. The van der Waals surface area contributed by atoms with E-state index < -0.39 is 0 Å². The Morgan fingerprint density at radius 3 is 2.76 bits per heavy atom. The SMILES string of the molecule is CCCc1nnc(NC(=O)CCn2[nH]c(=O)c3ccccc3c2=O)s1. The quantitative estimate of drug-likeness (QED) is 0.693. The molecular weight excluding hydrogens is 342 g/mol. The molecule has 25 heavy (non-hydrogen) atoms. The summed E-state index contributed by atoms with van der Waals surface area (Å²) >= 11 is 1.33. The highest BCUT2D eigenvalue weighted by Gasteiger charge is 2.10. The van der Waals surface area contributed by atoms with E-state index in [9.17, 15) is 14.4 Å². The minimum atomic E-state index is -0.357. The molecule has 130 valence electrons. The normalized spacial score (nSPS) is 10.9. The Morgan fingerprint density at radius 2 is 2.00 bits per heavy atom. The average molecular weight is 359 g/mol. The molecule has 8 nitrogen and oxygen atoms in total. The van der Waals surface area contributed by atoms with Crippen molar-refractivity contribution in [2.24, 2.45) is 0 Å². The van der Waals surface area contributed by atoms with Gasteiger partial charge in [-0.25, -0.2) is 4.68 Å². The molecule has 0 atom stereocenters. The zero-order valence-electron chi connectivity index (χ0n) is 13.6. The van der Waals surface area contributed by atoms with E-state index in [4.69, 9.17) is 0 Å². The van der Waals surface area contributed by atoms with Gasteiger partial charge in [0.15, 0.2) is 0 Å². The van der Waals surface area contributed by atoms with E-state index in [-0.39, 0.29) is 30.0 Å². The van der Waals surface area contributed by atoms with E-state index in [1.807, 2.05) is 6.92 Å². The second kappa shape index (κ2) is 7.39. The van der Waals surface area contributed by atoms with Gasteiger partial charge in [0, 0.05) is 12.8 Å². The van der Waals surface area contributed by atoms with Gasteiger partial charge < -0.3 is 5.32 Å². The second-order valence-corrected chi connectivity index (χ2v) is 6.55. The lowest BCUT2D eigenvalue weighted by atomic mass is 10.2. The van der Waals surface area contributed by atoms with Gasteiger partial charge in [0.1, 0.15) is 5.01 Å². The van der Waals surface area contributed by atoms with Crippen molar-refractivity contribution in [2.45, 2.75) is 32.7 Å². The van der Waals surface area contributed by atoms with Gasteiger partial charge in [-0.15, -0.1) is 10.2 Å². The fraction of sp³-hybridized carbons (Fsp3) is 0.312. The molecule has 9 heteroatoms. The lowest BCUT2D eigenvalue weighted by molar-refractivity contribution is -0.116. The molecule has 1 amide bonds. The van der Waals surface area contributed by atoms with Gasteiger partial charge in [-0.2, -0.15) is 0 Å². The summed E-state index contributed by atoms with van der Waals surface area (Å²) in [6.45, 7) is 2.12. The van der Waals surface area contributed by atoms with Crippen LogP contribution in [0.15, 0.2) is 33.9 Å². The molecular formula is C16H17N5O3S. The van der Waals surface area contributed by atoms with Gasteiger partial charge in [0.05, 0.1) is 17.3 Å². The van der Waals surface area contributed by atoms with Crippen LogP contribution in [0.4, 0.5) is 5.13 Å². The number of aryl methyl sites for hydroxylation is 2. The molecule has 0 saturated heterocycles. The molecule has 0 spiro atoms. The van der Waals surface area contributed by atoms with E-state index in [1.54, 1.807) is 24.3 Å². The van der Waals surface area contributed by atoms with Gasteiger partial charge in [0.2, 0.25) is 11.0 Å². The number of benzene rings is 1. The van der Waals surface area contributed by atoms with Crippen molar-refractivity contribution in [3.05, 3.63) is 50.0 Å². The highest BCUT2D eigenvalue weighted by molar-refractivity contribution is 7.15. The molecule has 2 N–H and O–H groups in total. The first-order valence-corrected chi connectivity index (χ1v) is 8.74. The van der Waals surface area contributed by atoms with Crippen LogP contribution in [-0.4, -0.2) is 25.9 Å². The lowest BCUT2D eigenvalue weighted by Gasteiger charge is -2.06. The standard InChI is InChI=1S/C16H17N5O3S/c1-2-5-13-18-19-16(25-13)17-12(22)8-9-21-15(24)11-7-4-3-6-10(11)14(23)20-21/h3-4,6-7H,2,5,8-9H2,1H3,(H,20,23)(H,17,19,22). The maximum Gasteiger partial charge on any atom is 0.273 e. The van der Waals surface area contributed by atoms with Crippen LogP contribution in [0.1, 0.15) is 24.8 Å². The molecule has 1 aromatic carbocycles. The number of nitrogens with zero attached hydrogens (tertiary/aromatic N) is 3. The Kier molecular flexibility index (Phi) is 5.03. The van der Waals surface area contributed by atoms with Crippen molar-refractivity contribution in [2.75, 3.05) is 5.32 Å². The highest BCUT2D eigenvalue weighted by Crippen LogP contribution is 2.16. The molecule has 3 aromatic rings. The van der Waals surface area contributed by atoms with Crippen LogP contribution >= 0.6 is 11.3 Å². The van der Waals surface area contributed by atoms with E-state index in [1.165, 1.54) is 11.3 Å². The van der Waals surface area contributed by atoms with Gasteiger partial charge >= 0.3 is 0 Å². The van der Waals surface area contributed by atoms with E-state index >= 15 is 0 Å². The summed E-state index contributed by atoms with van der Waals surface area (Å²) in [5.41, 5.74) is -0.687. The van der Waals surface area contributed by atoms with E-state index in [2.05, 4.69) is 20.6 Å². The van der Waals surface area contributed by atoms with E-state index in [0.29, 0.717) is 15.9 Å². The van der Waals surface area contributed by atoms with Crippen LogP contribution in [0.2, 0.25) is 0 Å². The Bertz CT molecular complexity index is 1020. The first-order chi connectivity index (χ1) is 12.1. The van der Waals surface area contributed by atoms with Crippen molar-refractivity contribution < 1.29 is 4.79 Å². The van der Waals surface area contributed by atoms with Crippen LogP contribution in [0.25, 0.3) is 10.8 Å². The van der Waals surface area contributed by atoms with Gasteiger partial charge in [0.25, 0.3) is 11.1 Å². The molecule has 0 unspecified atom stereocenters. The van der Waals surface area contributed by atoms with Gasteiger partial charge in [-0.3, -0.25) is 19.5 Å². The summed E-state index contributed by atoms with van der Waals surface area (Å²) in [7, 11) is 0. The van der Waals surface area contributed by atoms with Crippen molar-refractivity contribution in [1.29, 1.82) is 0 Å². The minimum Gasteiger partial charge on any atom is -0.300 e. The number of carbonyl (C=O) groups is 1. The fourth-order valence-corrected chi connectivity index (χ4v) is 3.28. The topological polar surface area (TPSA) is 110 Å². The number of aromatic nitrogens is 4. The Morgan fingerprint density at radius 1 is 1.24 bits per heavy atom. The zero-order chi connectivity index (χ0) is 17.8. The molecule has 0 saturated carbocycles. The molecule has 2 aromatic heterocycles. The summed E-state index contributed by atoms with van der Waals surface area (Å²) in [6, 6.07) is 6.59. The van der Waals surface area contributed by atoms with Crippen molar-refractivity contribution in [1.82, 2.24) is 20.0 Å². The number of H-pyrrole nitrogens is 1. The van der Waals surface area contributed by atoms with Crippen LogP contribution in [0.5, 0.6) is 0 Å². The van der Waals surface area contributed by atoms with Crippen LogP contribution in [0, 0.1) is 0 Å². The maximum absolute atomic E-state index is 12.4. The van der Waals surface area contributed by atoms with Gasteiger partial charge in [-0.1, -0.05) is 30.4 Å². The predicted octanol–water partition coefficient (Wildman–Crippen LogP) is 1.52. The monoisotopic (exact) mass is 359 g/mol. The largest absolute Gasteiger partial charge is 0.300 e. The van der Waals surface area contributed by atoms with E-state index in [0.717, 1.165) is 22.5 Å². The average Bonchev–Trinajstić information content (AvgIpc) is 3.04. The van der Waals surface area contributed by atoms with Crippen molar-refractivity contribution in [3.8, 4) is 0 Å². The summed E-state index contributed by atoms with van der Waals surface area (Å²) in [5, 5.41) is 15.0. The first-order valence-electron chi connectivity index (χ1n) is 7.92. The maximum atomic E-state index is 12.4. The zero-order valence-corrected chi connectivity index (χ0v) is 14.4. The molecule has 0 radical (unpaired) electrons. The Labute approximate surface area is 146 Å². The molecule has 2 heterocycles. The number of aromatic amines is 1. The number of rotatable bonds is 6. The molecule has 0 aliphatic rings. The molecule has 0 aliphatic heterocycles.